The van der Waals surface area contributed by atoms with Gasteiger partial charge in [-0.05, 0) is 32.6 Å². The molecule has 14 heavy (non-hydrogen) atoms. The number of carbonyl (C=O) groups excluding carboxylic acids is 1. The van der Waals surface area contributed by atoms with Gasteiger partial charge in [0.1, 0.15) is 0 Å². The Hall–Kier alpha value is -1.06. The van der Waals surface area contributed by atoms with Gasteiger partial charge >= 0.3 is 5.97 Å². The van der Waals surface area contributed by atoms with E-state index in [1.54, 1.807) is 0 Å². The number of carbonyl (C=O) groups is 2. The lowest BCUT2D eigenvalue weighted by molar-refractivity contribution is -0.143. The van der Waals surface area contributed by atoms with E-state index in [2.05, 4.69) is 5.32 Å². The molecule has 1 fully saturated rings. The van der Waals surface area contributed by atoms with Crippen molar-refractivity contribution < 1.29 is 14.7 Å². The van der Waals surface area contributed by atoms with Crippen LogP contribution in [-0.4, -0.2) is 22.5 Å². The molecule has 1 amide bonds. The third-order valence-corrected chi connectivity index (χ3v) is 2.92. The number of rotatable bonds is 2. The van der Waals surface area contributed by atoms with E-state index in [0.717, 1.165) is 12.8 Å². The number of nitrogens with one attached hydrogen (secondary N) is 1. The molecule has 4 heteroatoms. The van der Waals surface area contributed by atoms with E-state index >= 15 is 0 Å². The molecule has 4 nitrogen and oxygen atoms in total. The third kappa shape index (κ3) is 2.72. The molecule has 0 aromatic rings. The van der Waals surface area contributed by atoms with E-state index in [-0.39, 0.29) is 17.4 Å². The molecule has 0 unspecified atom stereocenters. The van der Waals surface area contributed by atoms with Gasteiger partial charge in [0, 0.05) is 12.5 Å². The fraction of sp³-hybridized carbons (Fsp3) is 0.800. The van der Waals surface area contributed by atoms with Crippen molar-refractivity contribution in [3.63, 3.8) is 0 Å². The van der Waals surface area contributed by atoms with E-state index in [9.17, 15) is 9.59 Å². The first kappa shape index (κ1) is 11.0. The Labute approximate surface area is 83.7 Å². The average molecular weight is 199 g/mol. The van der Waals surface area contributed by atoms with Crippen LogP contribution >= 0.6 is 0 Å². The Balaban J connectivity index is 2.48. The van der Waals surface area contributed by atoms with Crippen LogP contribution in [0.4, 0.5) is 0 Å². The Morgan fingerprint density at radius 2 is 1.86 bits per heavy atom. The summed E-state index contributed by atoms with van der Waals surface area (Å²) in [6.45, 7) is 3.47. The summed E-state index contributed by atoms with van der Waals surface area (Å²) < 4.78 is 0. The molecule has 1 saturated carbocycles. The van der Waals surface area contributed by atoms with Crippen molar-refractivity contribution in [1.29, 1.82) is 0 Å². The number of amides is 1. The maximum atomic E-state index is 10.9. The SMILES string of the molecule is CC(=O)NC1(C)CCC(C(=O)O)CC1. The van der Waals surface area contributed by atoms with Gasteiger partial charge in [-0.15, -0.1) is 0 Å². The van der Waals surface area contributed by atoms with Crippen molar-refractivity contribution in [2.24, 2.45) is 5.92 Å². The van der Waals surface area contributed by atoms with E-state index in [1.807, 2.05) is 6.92 Å². The molecule has 0 bridgehead atoms. The van der Waals surface area contributed by atoms with Crippen molar-refractivity contribution in [2.45, 2.75) is 45.1 Å². The minimum absolute atomic E-state index is 0.0405. The number of hydrogen-bond donors (Lipinski definition) is 2. The Morgan fingerprint density at radius 1 is 1.36 bits per heavy atom. The van der Waals surface area contributed by atoms with Crippen LogP contribution in [0.3, 0.4) is 0 Å². The zero-order valence-corrected chi connectivity index (χ0v) is 8.67. The standard InChI is InChI=1S/C10H17NO3/c1-7(12)11-10(2)5-3-8(4-6-10)9(13)14/h8H,3-6H2,1-2H3,(H,11,12)(H,13,14). The number of carboxylic acid groups (broad SMARTS) is 1. The highest BCUT2D eigenvalue weighted by Crippen LogP contribution is 2.31. The van der Waals surface area contributed by atoms with Crippen LogP contribution in [0.25, 0.3) is 0 Å². The number of aliphatic carboxylic acids is 1. The average Bonchev–Trinajstić information content (AvgIpc) is 2.02. The topological polar surface area (TPSA) is 66.4 Å². The van der Waals surface area contributed by atoms with Crippen molar-refractivity contribution in [3.8, 4) is 0 Å². The molecule has 1 aliphatic carbocycles. The van der Waals surface area contributed by atoms with Gasteiger partial charge in [0.05, 0.1) is 5.92 Å². The fourth-order valence-corrected chi connectivity index (χ4v) is 2.05. The summed E-state index contributed by atoms with van der Waals surface area (Å²) in [5.41, 5.74) is -0.197. The van der Waals surface area contributed by atoms with Crippen molar-refractivity contribution in [3.05, 3.63) is 0 Å². The fourth-order valence-electron chi connectivity index (χ4n) is 2.05. The lowest BCUT2D eigenvalue weighted by Crippen LogP contribution is -2.48. The Bertz CT molecular complexity index is 242. The Kier molecular flexibility index (Phi) is 3.13. The zero-order valence-electron chi connectivity index (χ0n) is 8.67. The van der Waals surface area contributed by atoms with Crippen molar-refractivity contribution >= 4 is 11.9 Å². The molecule has 80 valence electrons. The first-order valence-electron chi connectivity index (χ1n) is 4.94. The first-order valence-corrected chi connectivity index (χ1v) is 4.94. The predicted octanol–water partition coefficient (Wildman–Crippen LogP) is 1.16. The number of carboxylic acids is 1. The van der Waals surface area contributed by atoms with E-state index in [4.69, 9.17) is 5.11 Å². The van der Waals surface area contributed by atoms with Crippen LogP contribution in [-0.2, 0) is 9.59 Å². The summed E-state index contributed by atoms with van der Waals surface area (Å²) in [6, 6.07) is 0. The van der Waals surface area contributed by atoms with Crippen molar-refractivity contribution in [1.82, 2.24) is 5.32 Å². The third-order valence-electron chi connectivity index (χ3n) is 2.92. The second-order valence-corrected chi connectivity index (χ2v) is 4.35. The molecule has 0 radical (unpaired) electrons. The van der Waals surface area contributed by atoms with E-state index < -0.39 is 5.97 Å². The van der Waals surface area contributed by atoms with Crippen LogP contribution in [0.5, 0.6) is 0 Å². The highest BCUT2D eigenvalue weighted by Gasteiger charge is 2.34. The number of hydrogen-bond acceptors (Lipinski definition) is 2. The second kappa shape index (κ2) is 3.98. The monoisotopic (exact) mass is 199 g/mol. The summed E-state index contributed by atoms with van der Waals surface area (Å²) in [4.78, 5) is 21.6. The van der Waals surface area contributed by atoms with Gasteiger partial charge in [-0.25, -0.2) is 0 Å². The molecule has 0 spiro atoms. The maximum Gasteiger partial charge on any atom is 0.306 e. The molecule has 0 saturated heterocycles. The van der Waals surface area contributed by atoms with Gasteiger partial charge in [-0.3, -0.25) is 9.59 Å². The largest absolute Gasteiger partial charge is 0.481 e. The molecular formula is C10H17NO3. The van der Waals surface area contributed by atoms with Crippen LogP contribution in [0.2, 0.25) is 0 Å². The van der Waals surface area contributed by atoms with Gasteiger partial charge < -0.3 is 10.4 Å². The molecule has 0 aromatic heterocycles. The minimum atomic E-state index is -0.713. The zero-order chi connectivity index (χ0) is 10.8. The highest BCUT2D eigenvalue weighted by atomic mass is 16.4. The van der Waals surface area contributed by atoms with Crippen molar-refractivity contribution in [2.75, 3.05) is 0 Å². The second-order valence-electron chi connectivity index (χ2n) is 4.35. The smallest absolute Gasteiger partial charge is 0.306 e. The molecule has 0 aliphatic heterocycles. The lowest BCUT2D eigenvalue weighted by atomic mass is 9.77. The first-order chi connectivity index (χ1) is 6.43. The summed E-state index contributed by atoms with van der Waals surface area (Å²) >= 11 is 0. The molecule has 0 aromatic carbocycles. The Morgan fingerprint density at radius 3 is 2.21 bits per heavy atom. The van der Waals surface area contributed by atoms with Crippen LogP contribution in [0, 0.1) is 5.92 Å². The summed E-state index contributed by atoms with van der Waals surface area (Å²) in [5, 5.41) is 11.7. The van der Waals surface area contributed by atoms with E-state index in [1.165, 1.54) is 6.92 Å². The van der Waals surface area contributed by atoms with Gasteiger partial charge in [-0.2, -0.15) is 0 Å². The van der Waals surface area contributed by atoms with Crippen LogP contribution in [0.15, 0.2) is 0 Å². The minimum Gasteiger partial charge on any atom is -0.481 e. The quantitative estimate of drug-likeness (QED) is 0.701. The molecule has 0 atom stereocenters. The molecule has 1 aliphatic rings. The maximum absolute atomic E-state index is 10.9. The van der Waals surface area contributed by atoms with Crippen LogP contribution < -0.4 is 5.32 Å². The summed E-state index contributed by atoms with van der Waals surface area (Å²) in [6.07, 6.45) is 2.82. The molecule has 0 heterocycles. The molecular weight excluding hydrogens is 182 g/mol. The summed E-state index contributed by atoms with van der Waals surface area (Å²) in [7, 11) is 0. The van der Waals surface area contributed by atoms with Gasteiger partial charge in [0.15, 0.2) is 0 Å². The predicted molar refractivity (Wildman–Crippen MR) is 51.8 cm³/mol. The highest BCUT2D eigenvalue weighted by molar-refractivity contribution is 5.74. The lowest BCUT2D eigenvalue weighted by Gasteiger charge is -2.36. The van der Waals surface area contributed by atoms with E-state index in [0.29, 0.717) is 12.8 Å². The normalized spacial score (nSPS) is 32.3. The van der Waals surface area contributed by atoms with Gasteiger partial charge in [0.25, 0.3) is 0 Å². The van der Waals surface area contributed by atoms with Gasteiger partial charge in [0.2, 0.25) is 5.91 Å². The van der Waals surface area contributed by atoms with Crippen LogP contribution in [0.1, 0.15) is 39.5 Å². The summed E-state index contributed by atoms with van der Waals surface area (Å²) in [5.74, 6) is -0.979. The van der Waals surface area contributed by atoms with Gasteiger partial charge in [-0.1, -0.05) is 0 Å². The molecule has 2 N–H and O–H groups in total. The molecule has 1 rings (SSSR count).